The molecule has 0 radical (unpaired) electrons. The maximum atomic E-state index is 11.3. The zero-order valence-electron chi connectivity index (χ0n) is 14.5. The molecule has 10 heteroatoms. The van der Waals surface area contributed by atoms with Gasteiger partial charge in [0.2, 0.25) is 11.8 Å². The first-order chi connectivity index (χ1) is 12.0. The van der Waals surface area contributed by atoms with Gasteiger partial charge >= 0.3 is 0 Å². The van der Waals surface area contributed by atoms with Gasteiger partial charge < -0.3 is 16.8 Å². The van der Waals surface area contributed by atoms with Crippen LogP contribution in [0.1, 0.15) is 0 Å². The van der Waals surface area contributed by atoms with Crippen LogP contribution in [0.3, 0.4) is 0 Å². The lowest BCUT2D eigenvalue weighted by molar-refractivity contribution is -0.120. The van der Waals surface area contributed by atoms with Crippen molar-refractivity contribution >= 4 is 59.9 Å². The molecular formula is C15H26N4O2S4. The van der Waals surface area contributed by atoms with Gasteiger partial charge in [-0.3, -0.25) is 14.3 Å². The fourth-order valence-electron chi connectivity index (χ4n) is 1.62. The second-order valence-electron chi connectivity index (χ2n) is 4.61. The van der Waals surface area contributed by atoms with Crippen LogP contribution in [-0.2, 0) is 9.59 Å². The van der Waals surface area contributed by atoms with Gasteiger partial charge in [-0.1, -0.05) is 11.9 Å². The Morgan fingerprint density at radius 1 is 1.00 bits per heavy atom. The van der Waals surface area contributed by atoms with Crippen LogP contribution in [0.15, 0.2) is 34.1 Å². The number of nitrogens with two attached hydrogens (primary N) is 2. The van der Waals surface area contributed by atoms with Crippen LogP contribution in [0.2, 0.25) is 0 Å². The van der Waals surface area contributed by atoms with E-state index in [1.807, 2.05) is 30.5 Å². The molecule has 0 saturated heterocycles. The lowest BCUT2D eigenvalue weighted by atomic mass is 10.3. The van der Waals surface area contributed by atoms with Crippen LogP contribution in [0, 0.1) is 0 Å². The van der Waals surface area contributed by atoms with Gasteiger partial charge in [-0.2, -0.15) is 12.6 Å². The van der Waals surface area contributed by atoms with Crippen molar-refractivity contribution in [3.05, 3.63) is 24.3 Å². The molecule has 0 aromatic heterocycles. The highest BCUT2D eigenvalue weighted by molar-refractivity contribution is 8.00. The largest absolute Gasteiger partial charge is 0.368 e. The molecule has 1 aromatic carbocycles. The summed E-state index contributed by atoms with van der Waals surface area (Å²) < 4.78 is 2.98. The first kappa shape index (κ1) is 24.5. The minimum absolute atomic E-state index is 0.344. The second-order valence-corrected chi connectivity index (χ2v) is 7.44. The molecule has 2 atom stereocenters. The predicted molar refractivity (Wildman–Crippen MR) is 114 cm³/mol. The average molecular weight is 423 g/mol. The van der Waals surface area contributed by atoms with E-state index in [1.54, 1.807) is 36.8 Å². The third kappa shape index (κ3) is 10.3. The zero-order chi connectivity index (χ0) is 19.2. The van der Waals surface area contributed by atoms with Gasteiger partial charge in [0.25, 0.3) is 0 Å². The second kappa shape index (κ2) is 14.6. The molecule has 0 bridgehead atoms. The molecule has 6 N–H and O–H groups in total. The van der Waals surface area contributed by atoms with E-state index in [0.717, 1.165) is 9.79 Å². The Kier molecular flexibility index (Phi) is 14.3. The number of thioether (sulfide) groups is 2. The molecule has 1 rings (SSSR count). The molecule has 0 aliphatic heterocycles. The van der Waals surface area contributed by atoms with E-state index in [9.17, 15) is 9.59 Å². The van der Waals surface area contributed by atoms with Gasteiger partial charge in [-0.25, -0.2) is 0 Å². The Balaban J connectivity index is 0.00000277. The number of hydrogen-bond donors (Lipinski definition) is 5. The van der Waals surface area contributed by atoms with E-state index in [2.05, 4.69) is 22.7 Å². The maximum absolute atomic E-state index is 11.3. The molecule has 25 heavy (non-hydrogen) atoms. The molecule has 0 aliphatic carbocycles. The van der Waals surface area contributed by atoms with Crippen molar-refractivity contribution in [3.63, 3.8) is 0 Å². The van der Waals surface area contributed by atoms with Crippen LogP contribution in [0.5, 0.6) is 0 Å². The Morgan fingerprint density at radius 2 is 1.40 bits per heavy atom. The summed E-state index contributed by atoms with van der Waals surface area (Å²) in [4.78, 5) is 24.6. The molecule has 0 spiro atoms. The Bertz CT molecular complexity index is 517. The van der Waals surface area contributed by atoms with Crippen LogP contribution in [0.25, 0.3) is 0 Å². The van der Waals surface area contributed by atoms with Crippen LogP contribution in [-0.4, -0.2) is 55.0 Å². The molecule has 2 unspecified atom stereocenters. The van der Waals surface area contributed by atoms with Crippen molar-refractivity contribution in [2.75, 3.05) is 31.1 Å². The third-order valence-electron chi connectivity index (χ3n) is 2.95. The number of likely N-dealkylation sites (N-methyl/N-ethyl adjacent to an activating group) is 1. The predicted octanol–water partition coefficient (Wildman–Crippen LogP) is 1.21. The lowest BCUT2D eigenvalue weighted by Gasteiger charge is -2.13. The molecule has 1 aromatic rings. The number of benzene rings is 1. The standard InChI is InChI=1S/C14H22N4O2S3.CH4S/c1-17-11(13(15)19)7-22-9-3-5-10(6-4-9)23-8-12(14(16)20)18-21-2;1-2/h3-6,11-12,17-18H,7-8H2,1-2H3,(H2,15,19)(H2,16,20);2H,1H3. The van der Waals surface area contributed by atoms with Gasteiger partial charge in [0.1, 0.15) is 6.04 Å². The van der Waals surface area contributed by atoms with Crippen LogP contribution < -0.4 is 21.5 Å². The molecule has 0 heterocycles. The maximum Gasteiger partial charge on any atom is 0.236 e. The summed E-state index contributed by atoms with van der Waals surface area (Å²) in [7, 11) is 1.72. The summed E-state index contributed by atoms with van der Waals surface area (Å²) in [5.41, 5.74) is 10.6. The number of thiol groups is 1. The molecule has 2 amide bonds. The first-order valence-electron chi connectivity index (χ1n) is 7.32. The van der Waals surface area contributed by atoms with Crippen molar-refractivity contribution in [3.8, 4) is 0 Å². The number of hydrogen-bond acceptors (Lipinski definition) is 8. The minimum Gasteiger partial charge on any atom is -0.368 e. The highest BCUT2D eigenvalue weighted by Crippen LogP contribution is 2.24. The van der Waals surface area contributed by atoms with Crippen LogP contribution in [0.4, 0.5) is 0 Å². The summed E-state index contributed by atoms with van der Waals surface area (Å²) in [6.07, 6.45) is 3.55. The fraction of sp³-hybridized carbons (Fsp3) is 0.467. The number of nitrogens with one attached hydrogen (secondary N) is 2. The Hall–Kier alpha value is -0.520. The lowest BCUT2D eigenvalue weighted by Crippen LogP contribution is -2.41. The molecule has 142 valence electrons. The number of carbonyl (C=O) groups is 2. The number of amides is 2. The van der Waals surface area contributed by atoms with Gasteiger partial charge in [-0.15, -0.1) is 23.5 Å². The Labute approximate surface area is 167 Å². The van der Waals surface area contributed by atoms with E-state index in [-0.39, 0.29) is 23.9 Å². The van der Waals surface area contributed by atoms with Gasteiger partial charge in [-0.05, 0) is 43.8 Å². The van der Waals surface area contributed by atoms with Crippen molar-refractivity contribution < 1.29 is 9.59 Å². The van der Waals surface area contributed by atoms with Gasteiger partial charge in [0, 0.05) is 21.3 Å². The van der Waals surface area contributed by atoms with Crippen molar-refractivity contribution in [1.82, 2.24) is 10.0 Å². The summed E-state index contributed by atoms with van der Waals surface area (Å²) in [6, 6.07) is 7.24. The van der Waals surface area contributed by atoms with Gasteiger partial charge in [0.15, 0.2) is 0 Å². The zero-order valence-corrected chi connectivity index (χ0v) is 17.9. The van der Waals surface area contributed by atoms with E-state index in [1.165, 1.54) is 11.9 Å². The Morgan fingerprint density at radius 3 is 1.72 bits per heavy atom. The molecule has 0 aliphatic rings. The molecular weight excluding hydrogens is 396 g/mol. The first-order valence-corrected chi connectivity index (χ1v) is 11.4. The molecule has 6 nitrogen and oxygen atoms in total. The van der Waals surface area contributed by atoms with E-state index >= 15 is 0 Å². The molecule has 0 saturated carbocycles. The van der Waals surface area contributed by atoms with Crippen molar-refractivity contribution in [2.45, 2.75) is 21.9 Å². The van der Waals surface area contributed by atoms with E-state index in [4.69, 9.17) is 11.5 Å². The quantitative estimate of drug-likeness (QED) is 0.207. The van der Waals surface area contributed by atoms with Crippen molar-refractivity contribution in [2.24, 2.45) is 11.5 Å². The van der Waals surface area contributed by atoms with Crippen LogP contribution >= 0.6 is 48.1 Å². The number of carbonyl (C=O) groups excluding carboxylic acids is 2. The minimum atomic E-state index is -0.365. The SMILES string of the molecule is CNC(CSc1ccc(SCC(NSC)C(N)=O)cc1)C(N)=O.CS. The van der Waals surface area contributed by atoms with E-state index < -0.39 is 0 Å². The fourth-order valence-corrected chi connectivity index (χ4v) is 4.16. The summed E-state index contributed by atoms with van der Waals surface area (Å²) in [6.45, 7) is 0. The number of rotatable bonds is 11. The monoisotopic (exact) mass is 422 g/mol. The summed E-state index contributed by atoms with van der Waals surface area (Å²) in [5, 5.41) is 2.89. The smallest absolute Gasteiger partial charge is 0.236 e. The normalized spacial score (nSPS) is 12.6. The summed E-state index contributed by atoms with van der Waals surface area (Å²) >= 11 is 8.04. The third-order valence-corrected chi connectivity index (χ3v) is 5.68. The summed E-state index contributed by atoms with van der Waals surface area (Å²) in [5.74, 6) is 0.445. The average Bonchev–Trinajstić information content (AvgIpc) is 2.61. The molecule has 0 fully saturated rings. The topological polar surface area (TPSA) is 110 Å². The number of primary amides is 2. The van der Waals surface area contributed by atoms with Crippen molar-refractivity contribution in [1.29, 1.82) is 0 Å². The van der Waals surface area contributed by atoms with Gasteiger partial charge in [0.05, 0.1) is 6.04 Å². The highest BCUT2D eigenvalue weighted by Gasteiger charge is 2.15. The van der Waals surface area contributed by atoms with E-state index in [0.29, 0.717) is 11.5 Å². The highest BCUT2D eigenvalue weighted by atomic mass is 32.2.